The summed E-state index contributed by atoms with van der Waals surface area (Å²) in [5.74, 6) is 0.921. The SMILES string of the molecule is Cc1cc(NC(=O)OC(C)(C)C)c(C)c(C(C#N)O[Si](C)(C)C)c1-c1ccc2c(c1)CCCO2. The lowest BCUT2D eigenvalue weighted by Crippen LogP contribution is -2.29. The van der Waals surface area contributed by atoms with Gasteiger partial charge >= 0.3 is 6.09 Å². The van der Waals surface area contributed by atoms with Crippen molar-refractivity contribution in [3.8, 4) is 22.9 Å². The standard InChI is InChI=1S/C27H36N2O4Si/c1-17-14-21(29-26(30)32-27(3,4)5)18(2)25(23(16-28)33-34(6,7)8)24(17)20-11-12-22-19(15-20)10-9-13-31-22/h11-12,14-15,23H,9-10,13H2,1-8H3,(H,29,30). The molecule has 3 rings (SSSR count). The van der Waals surface area contributed by atoms with Crippen molar-refractivity contribution in [1.29, 1.82) is 5.26 Å². The summed E-state index contributed by atoms with van der Waals surface area (Å²) < 4.78 is 17.6. The van der Waals surface area contributed by atoms with Gasteiger partial charge in [-0.2, -0.15) is 5.26 Å². The van der Waals surface area contributed by atoms with Crippen LogP contribution in [-0.2, 0) is 15.6 Å². The van der Waals surface area contributed by atoms with Crippen molar-refractivity contribution >= 4 is 20.1 Å². The highest BCUT2D eigenvalue weighted by atomic mass is 28.4. The molecule has 0 aliphatic carbocycles. The first-order valence-corrected chi connectivity index (χ1v) is 15.2. The van der Waals surface area contributed by atoms with Gasteiger partial charge in [0.25, 0.3) is 0 Å². The molecule has 2 aromatic rings. The summed E-state index contributed by atoms with van der Waals surface area (Å²) in [6.45, 7) is 16.3. The normalized spacial score (nSPS) is 14.4. The Labute approximate surface area is 204 Å². The number of fused-ring (bicyclic) bond motifs is 1. The van der Waals surface area contributed by atoms with Gasteiger partial charge in [-0.15, -0.1) is 0 Å². The lowest BCUT2D eigenvalue weighted by atomic mass is 9.87. The van der Waals surface area contributed by atoms with E-state index in [1.165, 1.54) is 5.56 Å². The second-order valence-corrected chi connectivity index (χ2v) is 15.3. The Morgan fingerprint density at radius 1 is 1.21 bits per heavy atom. The Morgan fingerprint density at radius 3 is 2.53 bits per heavy atom. The van der Waals surface area contributed by atoms with E-state index in [-0.39, 0.29) is 0 Å². The molecule has 1 unspecified atom stereocenters. The summed E-state index contributed by atoms with van der Waals surface area (Å²) in [7, 11) is -2.05. The van der Waals surface area contributed by atoms with Gasteiger partial charge in [-0.1, -0.05) is 6.07 Å². The fourth-order valence-corrected chi connectivity index (χ4v) is 5.09. The van der Waals surface area contributed by atoms with Crippen LogP contribution in [0.4, 0.5) is 10.5 Å². The third-order valence-corrected chi connectivity index (χ3v) is 6.46. The van der Waals surface area contributed by atoms with E-state index < -0.39 is 26.1 Å². The van der Waals surface area contributed by atoms with Crippen LogP contribution in [0.1, 0.15) is 55.5 Å². The lowest BCUT2D eigenvalue weighted by molar-refractivity contribution is 0.0635. The van der Waals surface area contributed by atoms with Crippen molar-refractivity contribution in [3.63, 3.8) is 0 Å². The highest BCUT2D eigenvalue weighted by molar-refractivity contribution is 6.69. The van der Waals surface area contributed by atoms with Crippen LogP contribution in [0.15, 0.2) is 24.3 Å². The van der Waals surface area contributed by atoms with Crippen molar-refractivity contribution in [2.45, 2.75) is 78.8 Å². The molecule has 34 heavy (non-hydrogen) atoms. The van der Waals surface area contributed by atoms with E-state index in [1.54, 1.807) is 0 Å². The minimum atomic E-state index is -2.05. The van der Waals surface area contributed by atoms with Crippen LogP contribution in [-0.4, -0.2) is 26.6 Å². The summed E-state index contributed by atoms with van der Waals surface area (Å²) in [4.78, 5) is 12.5. The molecule has 1 heterocycles. The van der Waals surface area contributed by atoms with Gasteiger partial charge in [-0.3, -0.25) is 5.32 Å². The fourth-order valence-electron chi connectivity index (χ4n) is 4.22. The Hall–Kier alpha value is -2.82. The van der Waals surface area contributed by atoms with E-state index in [1.807, 2.05) is 52.8 Å². The van der Waals surface area contributed by atoms with Crippen LogP contribution in [0.25, 0.3) is 11.1 Å². The van der Waals surface area contributed by atoms with Crippen molar-refractivity contribution in [1.82, 2.24) is 0 Å². The topological polar surface area (TPSA) is 80.6 Å². The molecule has 0 fully saturated rings. The summed E-state index contributed by atoms with van der Waals surface area (Å²) in [5.41, 5.74) is 5.68. The molecule has 7 heteroatoms. The van der Waals surface area contributed by atoms with Gasteiger partial charge in [-0.05, 0) is 113 Å². The maximum atomic E-state index is 12.5. The zero-order chi connectivity index (χ0) is 25.3. The van der Waals surface area contributed by atoms with Gasteiger partial charge < -0.3 is 13.9 Å². The number of amides is 1. The van der Waals surface area contributed by atoms with Crippen molar-refractivity contribution in [2.24, 2.45) is 0 Å². The van der Waals surface area contributed by atoms with Crippen molar-refractivity contribution < 1.29 is 18.7 Å². The highest BCUT2D eigenvalue weighted by Gasteiger charge is 2.29. The summed E-state index contributed by atoms with van der Waals surface area (Å²) in [6, 6.07) is 10.5. The highest BCUT2D eigenvalue weighted by Crippen LogP contribution is 2.41. The maximum Gasteiger partial charge on any atom is 0.412 e. The van der Waals surface area contributed by atoms with Crippen LogP contribution in [0, 0.1) is 25.2 Å². The molecule has 1 amide bonds. The first-order valence-electron chi connectivity index (χ1n) is 11.8. The first-order chi connectivity index (χ1) is 15.8. The zero-order valence-corrected chi connectivity index (χ0v) is 22.6. The van der Waals surface area contributed by atoms with E-state index in [4.69, 9.17) is 13.9 Å². The number of rotatable bonds is 5. The van der Waals surface area contributed by atoms with Gasteiger partial charge in [0.05, 0.1) is 12.7 Å². The van der Waals surface area contributed by atoms with Crippen molar-refractivity contribution in [3.05, 3.63) is 46.5 Å². The minimum Gasteiger partial charge on any atom is -0.493 e. The molecule has 0 radical (unpaired) electrons. The molecule has 0 saturated carbocycles. The first kappa shape index (κ1) is 25.8. The molecule has 0 bridgehead atoms. The largest absolute Gasteiger partial charge is 0.493 e. The van der Waals surface area contributed by atoms with E-state index in [9.17, 15) is 10.1 Å². The number of ether oxygens (including phenoxy) is 2. The van der Waals surface area contributed by atoms with E-state index in [0.717, 1.165) is 53.0 Å². The molecular formula is C27H36N2O4Si. The van der Waals surface area contributed by atoms with Crippen LogP contribution in [0.5, 0.6) is 5.75 Å². The second kappa shape index (κ2) is 9.81. The van der Waals surface area contributed by atoms with Crippen LogP contribution in [0.3, 0.4) is 0 Å². The molecule has 182 valence electrons. The molecular weight excluding hydrogens is 444 g/mol. The molecule has 2 aromatic carbocycles. The third-order valence-electron chi connectivity index (χ3n) is 5.52. The summed E-state index contributed by atoms with van der Waals surface area (Å²) in [5, 5.41) is 13.0. The number of hydrogen-bond acceptors (Lipinski definition) is 5. The third kappa shape index (κ3) is 6.19. The maximum absolute atomic E-state index is 12.5. The van der Waals surface area contributed by atoms with E-state index >= 15 is 0 Å². The predicted molar refractivity (Wildman–Crippen MR) is 138 cm³/mol. The molecule has 0 aromatic heterocycles. The minimum absolute atomic E-state index is 0.528. The number of anilines is 1. The second-order valence-electron chi connectivity index (χ2n) is 10.8. The number of nitrogens with one attached hydrogen (secondary N) is 1. The van der Waals surface area contributed by atoms with E-state index in [0.29, 0.717) is 5.69 Å². The monoisotopic (exact) mass is 480 g/mol. The molecule has 1 atom stereocenters. The van der Waals surface area contributed by atoms with Gasteiger partial charge in [0, 0.05) is 11.3 Å². The number of nitriles is 1. The average Bonchev–Trinajstić information content (AvgIpc) is 2.72. The summed E-state index contributed by atoms with van der Waals surface area (Å²) >= 11 is 0. The number of carbonyl (C=O) groups excluding carboxylic acids is 1. The number of hydrogen-bond donors (Lipinski definition) is 1. The van der Waals surface area contributed by atoms with Gasteiger partial charge in [0.15, 0.2) is 14.4 Å². The van der Waals surface area contributed by atoms with Crippen LogP contribution in [0.2, 0.25) is 19.6 Å². The number of benzene rings is 2. The Kier molecular flexibility index (Phi) is 7.44. The predicted octanol–water partition coefficient (Wildman–Crippen LogP) is 7.06. The van der Waals surface area contributed by atoms with E-state index in [2.05, 4.69) is 37.1 Å². The Balaban J connectivity index is 2.17. The molecule has 1 N–H and O–H groups in total. The van der Waals surface area contributed by atoms with Gasteiger partial charge in [0.1, 0.15) is 11.4 Å². The van der Waals surface area contributed by atoms with Crippen molar-refractivity contribution in [2.75, 3.05) is 11.9 Å². The molecule has 1 aliphatic rings. The molecule has 0 saturated heterocycles. The average molecular weight is 481 g/mol. The number of aryl methyl sites for hydroxylation is 2. The fraction of sp³-hybridized carbons (Fsp3) is 0.481. The van der Waals surface area contributed by atoms with Crippen LogP contribution >= 0.6 is 0 Å². The Bertz CT molecular complexity index is 1120. The van der Waals surface area contributed by atoms with Gasteiger partial charge in [0.2, 0.25) is 0 Å². The van der Waals surface area contributed by atoms with Gasteiger partial charge in [-0.25, -0.2) is 4.79 Å². The zero-order valence-electron chi connectivity index (χ0n) is 21.6. The number of carbonyl (C=O) groups is 1. The molecule has 1 aliphatic heterocycles. The molecule has 0 spiro atoms. The molecule has 6 nitrogen and oxygen atoms in total. The quantitative estimate of drug-likeness (QED) is 0.463. The number of nitrogens with zero attached hydrogens (tertiary/aromatic N) is 1. The van der Waals surface area contributed by atoms with Crippen LogP contribution < -0.4 is 10.1 Å². The smallest absolute Gasteiger partial charge is 0.412 e. The summed E-state index contributed by atoms with van der Waals surface area (Å²) in [6.07, 6.45) is 0.661. The lowest BCUT2D eigenvalue weighted by Gasteiger charge is -2.28. The Morgan fingerprint density at radius 2 is 1.91 bits per heavy atom.